The Kier molecular flexibility index (Phi) is 10.4. The summed E-state index contributed by atoms with van der Waals surface area (Å²) in [6.45, 7) is 3.64. The first-order valence-electron chi connectivity index (χ1n) is 13.1. The van der Waals surface area contributed by atoms with Crippen molar-refractivity contribution in [3.63, 3.8) is 0 Å². The van der Waals surface area contributed by atoms with Gasteiger partial charge in [0, 0.05) is 12.6 Å². The molecule has 3 rings (SSSR count). The molecule has 1 N–H and O–H groups in total. The Morgan fingerprint density at radius 1 is 1.08 bits per heavy atom. The molecule has 208 valence electrons. The summed E-state index contributed by atoms with van der Waals surface area (Å²) in [4.78, 5) is 28.8. The maximum absolute atomic E-state index is 13.9. The van der Waals surface area contributed by atoms with E-state index in [4.69, 9.17) is 9.47 Å². The highest BCUT2D eigenvalue weighted by Crippen LogP contribution is 2.30. The second-order valence-corrected chi connectivity index (χ2v) is 11.4. The number of amides is 2. The Hall–Kier alpha value is -3.27. The average Bonchev–Trinajstić information content (AvgIpc) is 3.40. The fourth-order valence-electron chi connectivity index (χ4n) is 4.79. The van der Waals surface area contributed by atoms with Crippen molar-refractivity contribution in [1.29, 1.82) is 0 Å². The highest BCUT2D eigenvalue weighted by Gasteiger charge is 2.33. The van der Waals surface area contributed by atoms with E-state index in [1.807, 2.05) is 19.1 Å². The Labute approximate surface area is 226 Å². The van der Waals surface area contributed by atoms with E-state index in [9.17, 15) is 18.0 Å². The van der Waals surface area contributed by atoms with E-state index in [0.717, 1.165) is 41.8 Å². The fraction of sp³-hybridized carbons (Fsp3) is 0.500. The van der Waals surface area contributed by atoms with Crippen LogP contribution in [0.4, 0.5) is 5.69 Å². The standard InChI is InChI=1S/C28H39N3O6S/c1-5-24(28(33)29-22-13-7-8-14-22)30(19-21-12-11-15-23(18-21)36-3)27(32)20-31(38(4,34)35)25-16-9-10-17-26(25)37-6-2/h9-12,15-18,22,24H,5-8,13-14,19-20H2,1-4H3,(H,29,33)/t24-/m1/s1. The van der Waals surface area contributed by atoms with E-state index in [1.54, 1.807) is 50.4 Å². The molecule has 10 heteroatoms. The average molecular weight is 546 g/mol. The van der Waals surface area contributed by atoms with E-state index in [0.29, 0.717) is 24.5 Å². The van der Waals surface area contributed by atoms with Gasteiger partial charge in [-0.25, -0.2) is 8.42 Å². The van der Waals surface area contributed by atoms with Crippen LogP contribution in [-0.2, 0) is 26.2 Å². The number of nitrogens with one attached hydrogen (secondary N) is 1. The molecule has 0 aliphatic heterocycles. The molecule has 1 saturated carbocycles. The second kappa shape index (κ2) is 13.5. The number of rotatable bonds is 13. The minimum absolute atomic E-state index is 0.0934. The first-order chi connectivity index (χ1) is 18.2. The SMILES string of the molecule is CCOc1ccccc1N(CC(=O)N(Cc1cccc(OC)c1)[C@H](CC)C(=O)NC1CCCC1)S(C)(=O)=O. The van der Waals surface area contributed by atoms with Gasteiger partial charge in [0.05, 0.1) is 25.7 Å². The van der Waals surface area contributed by atoms with Crippen molar-refractivity contribution in [3.05, 3.63) is 54.1 Å². The molecule has 0 bridgehead atoms. The van der Waals surface area contributed by atoms with Crippen LogP contribution in [0, 0.1) is 0 Å². The largest absolute Gasteiger partial charge is 0.497 e. The van der Waals surface area contributed by atoms with Gasteiger partial charge in [-0.1, -0.05) is 44.0 Å². The lowest BCUT2D eigenvalue weighted by molar-refractivity contribution is -0.140. The lowest BCUT2D eigenvalue weighted by Gasteiger charge is -2.33. The van der Waals surface area contributed by atoms with Gasteiger partial charge in [-0.3, -0.25) is 13.9 Å². The predicted octanol–water partition coefficient (Wildman–Crippen LogP) is 3.73. The van der Waals surface area contributed by atoms with Crippen LogP contribution in [-0.4, -0.2) is 63.7 Å². The van der Waals surface area contributed by atoms with Gasteiger partial charge < -0.3 is 19.7 Å². The lowest BCUT2D eigenvalue weighted by atomic mass is 10.1. The smallest absolute Gasteiger partial charge is 0.244 e. The summed E-state index contributed by atoms with van der Waals surface area (Å²) in [6.07, 6.45) is 5.40. The third-order valence-corrected chi connectivity index (χ3v) is 7.81. The molecule has 2 aromatic carbocycles. The van der Waals surface area contributed by atoms with E-state index < -0.39 is 28.5 Å². The van der Waals surface area contributed by atoms with Gasteiger partial charge >= 0.3 is 0 Å². The van der Waals surface area contributed by atoms with Crippen molar-refractivity contribution < 1.29 is 27.5 Å². The van der Waals surface area contributed by atoms with Gasteiger partial charge in [-0.15, -0.1) is 0 Å². The Bertz CT molecular complexity index is 1200. The number of para-hydroxylation sites is 2. The molecule has 0 radical (unpaired) electrons. The van der Waals surface area contributed by atoms with Crippen LogP contribution < -0.4 is 19.1 Å². The number of carbonyl (C=O) groups is 2. The summed E-state index contributed by atoms with van der Waals surface area (Å²) >= 11 is 0. The van der Waals surface area contributed by atoms with Crippen molar-refractivity contribution in [3.8, 4) is 11.5 Å². The van der Waals surface area contributed by atoms with Crippen LogP contribution in [0.5, 0.6) is 11.5 Å². The molecule has 2 aromatic rings. The quantitative estimate of drug-likeness (QED) is 0.411. The van der Waals surface area contributed by atoms with Gasteiger partial charge in [0.2, 0.25) is 21.8 Å². The van der Waals surface area contributed by atoms with Gasteiger partial charge in [-0.05, 0) is 56.0 Å². The van der Waals surface area contributed by atoms with Crippen LogP contribution >= 0.6 is 0 Å². The zero-order valence-corrected chi connectivity index (χ0v) is 23.5. The summed E-state index contributed by atoms with van der Waals surface area (Å²) < 4.78 is 37.8. The monoisotopic (exact) mass is 545 g/mol. The van der Waals surface area contributed by atoms with Gasteiger partial charge in [0.15, 0.2) is 0 Å². The molecule has 38 heavy (non-hydrogen) atoms. The first-order valence-corrected chi connectivity index (χ1v) is 14.9. The number of hydrogen-bond acceptors (Lipinski definition) is 6. The number of ether oxygens (including phenoxy) is 2. The Morgan fingerprint density at radius 3 is 2.42 bits per heavy atom. The van der Waals surface area contributed by atoms with Gasteiger partial charge in [0.1, 0.15) is 24.1 Å². The Morgan fingerprint density at radius 2 is 1.79 bits per heavy atom. The molecule has 1 atom stereocenters. The van der Waals surface area contributed by atoms with Crippen molar-refractivity contribution in [1.82, 2.24) is 10.2 Å². The molecule has 0 spiro atoms. The normalized spacial score (nSPS) is 14.5. The summed E-state index contributed by atoms with van der Waals surface area (Å²) in [7, 11) is -2.30. The third-order valence-electron chi connectivity index (χ3n) is 6.69. The molecule has 1 aliphatic rings. The summed E-state index contributed by atoms with van der Waals surface area (Å²) in [6, 6.07) is 13.3. The van der Waals surface area contributed by atoms with E-state index >= 15 is 0 Å². The third kappa shape index (κ3) is 7.63. The zero-order chi connectivity index (χ0) is 27.7. The lowest BCUT2D eigenvalue weighted by Crippen LogP contribution is -2.53. The fourth-order valence-corrected chi connectivity index (χ4v) is 5.64. The number of nitrogens with zero attached hydrogens (tertiary/aromatic N) is 2. The highest BCUT2D eigenvalue weighted by atomic mass is 32.2. The van der Waals surface area contributed by atoms with Crippen LogP contribution in [0.25, 0.3) is 0 Å². The molecule has 2 amide bonds. The van der Waals surface area contributed by atoms with Crippen LogP contribution in [0.15, 0.2) is 48.5 Å². The molecule has 0 aromatic heterocycles. The van der Waals surface area contributed by atoms with Crippen molar-refractivity contribution >= 4 is 27.5 Å². The summed E-state index contributed by atoms with van der Waals surface area (Å²) in [5, 5.41) is 3.11. The van der Waals surface area contributed by atoms with E-state index in [-0.39, 0.29) is 24.2 Å². The van der Waals surface area contributed by atoms with Gasteiger partial charge in [0.25, 0.3) is 0 Å². The Balaban J connectivity index is 1.96. The zero-order valence-electron chi connectivity index (χ0n) is 22.7. The number of methoxy groups -OCH3 is 1. The number of sulfonamides is 1. The number of carbonyl (C=O) groups excluding carboxylic acids is 2. The minimum Gasteiger partial charge on any atom is -0.497 e. The maximum Gasteiger partial charge on any atom is 0.244 e. The molecular formula is C28H39N3O6S. The summed E-state index contributed by atoms with van der Waals surface area (Å²) in [5.41, 5.74) is 1.04. The minimum atomic E-state index is -3.86. The van der Waals surface area contributed by atoms with Crippen molar-refractivity contribution in [2.75, 3.05) is 30.8 Å². The molecule has 1 fully saturated rings. The predicted molar refractivity (Wildman–Crippen MR) is 148 cm³/mol. The van der Waals surface area contributed by atoms with E-state index in [1.165, 1.54) is 4.90 Å². The van der Waals surface area contributed by atoms with Crippen LogP contribution in [0.3, 0.4) is 0 Å². The first kappa shape index (κ1) is 29.3. The molecule has 0 heterocycles. The highest BCUT2D eigenvalue weighted by molar-refractivity contribution is 7.92. The molecular weight excluding hydrogens is 506 g/mol. The number of benzene rings is 2. The molecule has 1 aliphatic carbocycles. The van der Waals surface area contributed by atoms with Gasteiger partial charge in [-0.2, -0.15) is 0 Å². The molecule has 0 saturated heterocycles. The van der Waals surface area contributed by atoms with E-state index in [2.05, 4.69) is 5.32 Å². The van der Waals surface area contributed by atoms with Crippen LogP contribution in [0.1, 0.15) is 51.5 Å². The number of hydrogen-bond donors (Lipinski definition) is 1. The second-order valence-electron chi connectivity index (χ2n) is 9.46. The summed E-state index contributed by atoms with van der Waals surface area (Å²) in [5.74, 6) is 0.273. The van der Waals surface area contributed by atoms with Crippen molar-refractivity contribution in [2.45, 2.75) is 64.6 Å². The molecule has 0 unspecified atom stereocenters. The van der Waals surface area contributed by atoms with Crippen LogP contribution in [0.2, 0.25) is 0 Å². The topological polar surface area (TPSA) is 105 Å². The molecule has 9 nitrogen and oxygen atoms in total. The maximum atomic E-state index is 13.9. The van der Waals surface area contributed by atoms with Crippen molar-refractivity contribution in [2.24, 2.45) is 0 Å². The number of anilines is 1.